The van der Waals surface area contributed by atoms with Gasteiger partial charge in [-0.3, -0.25) is 4.99 Å². The molecule has 1 aromatic rings. The molecule has 2 nitrogen and oxygen atoms in total. The third-order valence-corrected chi connectivity index (χ3v) is 4.98. The van der Waals surface area contributed by atoms with Crippen LogP contribution in [0.25, 0.3) is 0 Å². The molecule has 0 aromatic heterocycles. The van der Waals surface area contributed by atoms with Crippen molar-refractivity contribution in [1.82, 2.24) is 5.32 Å². The lowest BCUT2D eigenvalue weighted by Gasteiger charge is -2.28. The highest BCUT2D eigenvalue weighted by Crippen LogP contribution is 2.23. The van der Waals surface area contributed by atoms with Gasteiger partial charge >= 0.3 is 0 Å². The van der Waals surface area contributed by atoms with Crippen molar-refractivity contribution in [2.24, 2.45) is 10.9 Å². The number of amidine groups is 1. The molecule has 2 atom stereocenters. The summed E-state index contributed by atoms with van der Waals surface area (Å²) in [4.78, 5) is 4.63. The number of aliphatic imine (C=N–C) groups is 1. The first-order valence-electron chi connectivity index (χ1n) is 6.82. The lowest BCUT2D eigenvalue weighted by Crippen LogP contribution is -2.39. The maximum Gasteiger partial charge on any atom is 0.156 e. The molecule has 3 rings (SSSR count). The van der Waals surface area contributed by atoms with Crippen LogP contribution in [0.5, 0.6) is 0 Å². The van der Waals surface area contributed by atoms with Crippen LogP contribution < -0.4 is 5.32 Å². The average Bonchev–Trinajstić information content (AvgIpc) is 2.41. The van der Waals surface area contributed by atoms with E-state index in [4.69, 9.17) is 0 Å². The van der Waals surface area contributed by atoms with E-state index in [1.165, 1.54) is 29.7 Å². The number of thioether (sulfide) groups is 1. The van der Waals surface area contributed by atoms with E-state index in [-0.39, 0.29) is 0 Å². The number of nitrogens with zero attached hydrogens (tertiary/aromatic N) is 1. The Kier molecular flexibility index (Phi) is 3.59. The molecular weight excluding hydrogens is 240 g/mol. The highest BCUT2D eigenvalue weighted by molar-refractivity contribution is 8.13. The summed E-state index contributed by atoms with van der Waals surface area (Å²) in [5.74, 6) is 1.93. The quantitative estimate of drug-likeness (QED) is 0.839. The molecule has 0 saturated heterocycles. The fraction of sp³-hybridized carbons (Fsp3) is 0.533. The molecule has 1 heterocycles. The van der Waals surface area contributed by atoms with Gasteiger partial charge in [0.1, 0.15) is 0 Å². The van der Waals surface area contributed by atoms with Crippen molar-refractivity contribution in [1.29, 1.82) is 0 Å². The van der Waals surface area contributed by atoms with Crippen LogP contribution in [-0.4, -0.2) is 23.5 Å². The number of nitrogens with one attached hydrogen (secondary N) is 1. The van der Waals surface area contributed by atoms with Gasteiger partial charge in [0.25, 0.3) is 0 Å². The summed E-state index contributed by atoms with van der Waals surface area (Å²) in [6, 6.07) is 9.39. The van der Waals surface area contributed by atoms with Crippen molar-refractivity contribution < 1.29 is 0 Å². The zero-order valence-corrected chi connectivity index (χ0v) is 11.7. The molecule has 3 heteroatoms. The molecule has 1 N–H and O–H groups in total. The Bertz CT molecular complexity index is 456. The van der Waals surface area contributed by atoms with Crippen LogP contribution in [0.4, 0.5) is 0 Å². The predicted octanol–water partition coefficient (Wildman–Crippen LogP) is 2.87. The van der Waals surface area contributed by atoms with Crippen LogP contribution in [0.15, 0.2) is 29.3 Å². The Hall–Kier alpha value is -0.960. The molecule has 1 aliphatic carbocycles. The molecule has 1 aliphatic heterocycles. The third kappa shape index (κ3) is 2.72. The van der Waals surface area contributed by atoms with Gasteiger partial charge in [-0.25, -0.2) is 0 Å². The first-order chi connectivity index (χ1) is 8.81. The smallest absolute Gasteiger partial charge is 0.156 e. The molecule has 0 radical (unpaired) electrons. The third-order valence-electron chi connectivity index (χ3n) is 3.73. The second-order valence-electron chi connectivity index (χ2n) is 5.41. The van der Waals surface area contributed by atoms with Gasteiger partial charge in [0.15, 0.2) is 5.17 Å². The van der Waals surface area contributed by atoms with Gasteiger partial charge in [0.2, 0.25) is 0 Å². The Labute approximate surface area is 113 Å². The van der Waals surface area contributed by atoms with Crippen LogP contribution in [0.2, 0.25) is 0 Å². The van der Waals surface area contributed by atoms with Crippen LogP contribution in [0.1, 0.15) is 24.5 Å². The van der Waals surface area contributed by atoms with E-state index in [0.717, 1.165) is 24.1 Å². The van der Waals surface area contributed by atoms with Gasteiger partial charge in [-0.2, -0.15) is 0 Å². The Morgan fingerprint density at radius 1 is 1.28 bits per heavy atom. The maximum absolute atomic E-state index is 4.63. The summed E-state index contributed by atoms with van der Waals surface area (Å²) < 4.78 is 0. The van der Waals surface area contributed by atoms with Crippen molar-refractivity contribution in [2.75, 3.05) is 12.3 Å². The van der Waals surface area contributed by atoms with Crippen LogP contribution in [-0.2, 0) is 12.8 Å². The molecule has 0 fully saturated rings. The number of benzene rings is 1. The van der Waals surface area contributed by atoms with E-state index in [0.29, 0.717) is 6.04 Å². The summed E-state index contributed by atoms with van der Waals surface area (Å²) in [6.07, 6.45) is 3.57. The number of fused-ring (bicyclic) bond motifs is 1. The van der Waals surface area contributed by atoms with E-state index in [2.05, 4.69) is 41.5 Å². The first kappa shape index (κ1) is 12.1. The second-order valence-corrected chi connectivity index (χ2v) is 6.42. The highest BCUT2D eigenvalue weighted by atomic mass is 32.2. The van der Waals surface area contributed by atoms with Crippen molar-refractivity contribution in [2.45, 2.75) is 32.2 Å². The standard InChI is InChI=1S/C15H20N2S/c1-11-9-16-15(18-10-11)17-14-7-6-12-4-2-3-5-13(12)8-14/h2-5,11,14H,6-10H2,1H3,(H,16,17). The molecule has 96 valence electrons. The van der Waals surface area contributed by atoms with E-state index in [9.17, 15) is 0 Å². The van der Waals surface area contributed by atoms with E-state index in [1.54, 1.807) is 0 Å². The number of rotatable bonds is 1. The average molecular weight is 260 g/mol. The predicted molar refractivity (Wildman–Crippen MR) is 79.3 cm³/mol. The molecule has 2 unspecified atom stereocenters. The van der Waals surface area contributed by atoms with E-state index in [1.807, 2.05) is 11.8 Å². The monoisotopic (exact) mass is 260 g/mol. The minimum Gasteiger partial charge on any atom is -0.362 e. The Balaban J connectivity index is 1.63. The topological polar surface area (TPSA) is 24.4 Å². The lowest BCUT2D eigenvalue weighted by atomic mass is 9.88. The van der Waals surface area contributed by atoms with Gasteiger partial charge in [-0.15, -0.1) is 0 Å². The van der Waals surface area contributed by atoms with Crippen molar-refractivity contribution in [3.8, 4) is 0 Å². The van der Waals surface area contributed by atoms with Gasteiger partial charge < -0.3 is 5.32 Å². The van der Waals surface area contributed by atoms with Crippen molar-refractivity contribution in [3.05, 3.63) is 35.4 Å². The number of hydrogen-bond acceptors (Lipinski definition) is 3. The van der Waals surface area contributed by atoms with Crippen LogP contribution >= 0.6 is 11.8 Å². The second kappa shape index (κ2) is 5.35. The van der Waals surface area contributed by atoms with Crippen molar-refractivity contribution in [3.63, 3.8) is 0 Å². The summed E-state index contributed by atoms with van der Waals surface area (Å²) >= 11 is 1.89. The SMILES string of the molecule is CC1CN=C(NC2CCc3ccccc3C2)SC1. The Morgan fingerprint density at radius 3 is 2.89 bits per heavy atom. The number of aryl methyl sites for hydroxylation is 1. The first-order valence-corrected chi connectivity index (χ1v) is 7.80. The molecule has 1 aromatic carbocycles. The fourth-order valence-electron chi connectivity index (χ4n) is 2.64. The van der Waals surface area contributed by atoms with E-state index < -0.39 is 0 Å². The highest BCUT2D eigenvalue weighted by Gasteiger charge is 2.20. The molecule has 0 amide bonds. The van der Waals surface area contributed by atoms with Gasteiger partial charge in [-0.1, -0.05) is 43.0 Å². The summed E-state index contributed by atoms with van der Waals surface area (Å²) in [7, 11) is 0. The normalized spacial score (nSPS) is 27.3. The molecule has 18 heavy (non-hydrogen) atoms. The van der Waals surface area contributed by atoms with Crippen LogP contribution in [0.3, 0.4) is 0 Å². The molecule has 0 bridgehead atoms. The van der Waals surface area contributed by atoms with E-state index >= 15 is 0 Å². The van der Waals surface area contributed by atoms with Gasteiger partial charge in [-0.05, 0) is 36.3 Å². The largest absolute Gasteiger partial charge is 0.362 e. The minimum absolute atomic E-state index is 0.569. The van der Waals surface area contributed by atoms with Gasteiger partial charge in [0, 0.05) is 18.3 Å². The molecule has 2 aliphatic rings. The molecular formula is C15H20N2S. The number of hydrogen-bond donors (Lipinski definition) is 1. The molecule has 0 saturated carbocycles. The summed E-state index contributed by atoms with van der Waals surface area (Å²) in [6.45, 7) is 3.25. The Morgan fingerprint density at radius 2 is 2.11 bits per heavy atom. The fourth-order valence-corrected chi connectivity index (χ4v) is 3.60. The maximum atomic E-state index is 4.63. The molecule has 0 spiro atoms. The zero-order chi connectivity index (χ0) is 12.4. The van der Waals surface area contributed by atoms with Crippen LogP contribution in [0, 0.1) is 5.92 Å². The minimum atomic E-state index is 0.569. The van der Waals surface area contributed by atoms with Gasteiger partial charge in [0.05, 0.1) is 0 Å². The zero-order valence-electron chi connectivity index (χ0n) is 10.9. The summed E-state index contributed by atoms with van der Waals surface area (Å²) in [5, 5.41) is 4.80. The lowest BCUT2D eigenvalue weighted by molar-refractivity contribution is 0.529. The van der Waals surface area contributed by atoms with Crippen molar-refractivity contribution >= 4 is 16.9 Å². The summed E-state index contributed by atoms with van der Waals surface area (Å²) in [5.41, 5.74) is 3.04.